The van der Waals surface area contributed by atoms with Gasteiger partial charge in [0, 0.05) is 0 Å². The normalized spacial score (nSPS) is 20.6. The summed E-state index contributed by atoms with van der Waals surface area (Å²) < 4.78 is 67.5. The van der Waals surface area contributed by atoms with Crippen LogP contribution in [0.2, 0.25) is 0 Å². The third kappa shape index (κ3) is 3.08. The van der Waals surface area contributed by atoms with Crippen LogP contribution in [0.1, 0.15) is 5.56 Å². The lowest BCUT2D eigenvalue weighted by atomic mass is 10.2. The Morgan fingerprint density at radius 2 is 1.50 bits per heavy atom. The molecule has 3 rings (SSSR count). The van der Waals surface area contributed by atoms with E-state index >= 15 is 0 Å². The van der Waals surface area contributed by atoms with Gasteiger partial charge >= 0.3 is 17.7 Å². The van der Waals surface area contributed by atoms with Crippen molar-refractivity contribution in [2.75, 3.05) is 0 Å². The molecule has 0 radical (unpaired) electrons. The van der Waals surface area contributed by atoms with Crippen LogP contribution in [0.15, 0.2) is 65.6 Å². The molecular weight excluding hydrogens is 371 g/mol. The van der Waals surface area contributed by atoms with Gasteiger partial charge in [0.2, 0.25) is 10.0 Å². The molecule has 0 unspecified atom stereocenters. The van der Waals surface area contributed by atoms with Crippen LogP contribution in [-0.2, 0) is 14.8 Å². The van der Waals surface area contributed by atoms with Gasteiger partial charge in [-0.1, -0.05) is 36.4 Å². The van der Waals surface area contributed by atoms with Crippen molar-refractivity contribution in [1.82, 2.24) is 10.0 Å². The van der Waals surface area contributed by atoms with E-state index in [9.17, 15) is 26.4 Å². The SMILES string of the molecule is O=C1NC(c2ccccc2)=[NH+][C@]1(NS(=O)(=O)c1ccccc1)C(F)(F)F. The fourth-order valence-corrected chi connectivity index (χ4v) is 3.72. The average molecular weight is 384 g/mol. The maximum Gasteiger partial charge on any atom is 0.460 e. The fraction of sp³-hybridized carbons (Fsp3) is 0.125. The minimum atomic E-state index is -5.24. The van der Waals surface area contributed by atoms with Crippen molar-refractivity contribution in [3.63, 3.8) is 0 Å². The summed E-state index contributed by atoms with van der Waals surface area (Å²) in [6.45, 7) is 0. The molecule has 0 aliphatic carbocycles. The molecule has 0 fully saturated rings. The summed E-state index contributed by atoms with van der Waals surface area (Å²) in [5.74, 6) is -1.81. The molecule has 1 amide bonds. The summed E-state index contributed by atoms with van der Waals surface area (Å²) >= 11 is 0. The van der Waals surface area contributed by atoms with E-state index in [1.807, 2.05) is 4.99 Å². The van der Waals surface area contributed by atoms with Crippen LogP contribution in [0.5, 0.6) is 0 Å². The van der Waals surface area contributed by atoms with E-state index in [0.717, 1.165) is 12.1 Å². The van der Waals surface area contributed by atoms with Crippen LogP contribution in [0, 0.1) is 0 Å². The van der Waals surface area contributed by atoms with Crippen LogP contribution >= 0.6 is 0 Å². The van der Waals surface area contributed by atoms with Gasteiger partial charge in [0.15, 0.2) is 0 Å². The Morgan fingerprint density at radius 3 is 2.04 bits per heavy atom. The predicted molar refractivity (Wildman–Crippen MR) is 85.2 cm³/mol. The largest absolute Gasteiger partial charge is 0.460 e. The highest BCUT2D eigenvalue weighted by molar-refractivity contribution is 7.89. The molecule has 1 heterocycles. The van der Waals surface area contributed by atoms with E-state index in [-0.39, 0.29) is 11.4 Å². The molecule has 26 heavy (non-hydrogen) atoms. The number of carbonyl (C=O) groups excluding carboxylic acids is 1. The van der Waals surface area contributed by atoms with Crippen LogP contribution in [0.4, 0.5) is 13.2 Å². The minimum Gasteiger partial charge on any atom is -0.239 e. The predicted octanol–water partition coefficient (Wildman–Crippen LogP) is -0.119. The highest BCUT2D eigenvalue weighted by Gasteiger charge is 2.70. The van der Waals surface area contributed by atoms with Gasteiger partial charge in [-0.3, -0.25) is 0 Å². The number of nitrogens with one attached hydrogen (secondary N) is 3. The second-order valence-corrected chi connectivity index (χ2v) is 7.17. The fourth-order valence-electron chi connectivity index (χ4n) is 2.42. The number of amides is 1. The monoisotopic (exact) mass is 384 g/mol. The van der Waals surface area contributed by atoms with Crippen molar-refractivity contribution >= 4 is 21.8 Å². The number of halogens is 3. The van der Waals surface area contributed by atoms with Crippen molar-refractivity contribution in [1.29, 1.82) is 0 Å². The van der Waals surface area contributed by atoms with E-state index in [4.69, 9.17) is 0 Å². The molecule has 2 aromatic carbocycles. The summed E-state index contributed by atoms with van der Waals surface area (Å²) in [7, 11) is -4.63. The number of alkyl halides is 3. The van der Waals surface area contributed by atoms with Crippen LogP contribution in [0.25, 0.3) is 0 Å². The minimum absolute atomic E-state index is 0.247. The molecule has 0 aromatic heterocycles. The maximum atomic E-state index is 13.7. The first-order chi connectivity index (χ1) is 12.2. The van der Waals surface area contributed by atoms with Crippen molar-refractivity contribution in [2.24, 2.45) is 0 Å². The van der Waals surface area contributed by atoms with Crippen molar-refractivity contribution in [2.45, 2.75) is 16.7 Å². The highest BCUT2D eigenvalue weighted by atomic mass is 32.2. The zero-order chi connectivity index (χ0) is 19.0. The Morgan fingerprint density at radius 1 is 0.962 bits per heavy atom. The second kappa shape index (κ2) is 6.22. The van der Waals surface area contributed by atoms with Gasteiger partial charge in [-0.05, 0) is 24.3 Å². The third-order valence-electron chi connectivity index (χ3n) is 3.72. The molecule has 3 N–H and O–H groups in total. The molecule has 0 bridgehead atoms. The third-order valence-corrected chi connectivity index (χ3v) is 5.19. The first-order valence-electron chi connectivity index (χ1n) is 7.33. The van der Waals surface area contributed by atoms with Gasteiger partial charge in [0.1, 0.15) is 0 Å². The zero-order valence-electron chi connectivity index (χ0n) is 13.0. The van der Waals surface area contributed by atoms with Crippen molar-refractivity contribution in [3.8, 4) is 0 Å². The molecule has 1 aliphatic heterocycles. The zero-order valence-corrected chi connectivity index (χ0v) is 13.9. The maximum absolute atomic E-state index is 13.7. The Bertz CT molecular complexity index is 960. The summed E-state index contributed by atoms with van der Waals surface area (Å²) in [6, 6.07) is 14.2. The lowest BCUT2D eigenvalue weighted by Gasteiger charge is -2.23. The number of hydrogen-bond acceptors (Lipinski definition) is 3. The first kappa shape index (κ1) is 18.1. The van der Waals surface area contributed by atoms with E-state index in [1.54, 1.807) is 18.2 Å². The molecule has 0 saturated carbocycles. The molecule has 10 heteroatoms. The van der Waals surface area contributed by atoms with Crippen LogP contribution < -0.4 is 15.0 Å². The van der Waals surface area contributed by atoms with E-state index in [2.05, 4.69) is 5.32 Å². The van der Waals surface area contributed by atoms with Gasteiger partial charge in [-0.25, -0.2) is 23.5 Å². The Hall–Kier alpha value is -2.72. The number of amidine groups is 1. The van der Waals surface area contributed by atoms with Crippen LogP contribution in [-0.4, -0.2) is 32.0 Å². The van der Waals surface area contributed by atoms with Gasteiger partial charge in [-0.2, -0.15) is 13.2 Å². The highest BCUT2D eigenvalue weighted by Crippen LogP contribution is 2.28. The molecule has 136 valence electrons. The summed E-state index contributed by atoms with van der Waals surface area (Å²) in [5, 5.41) is 2.06. The van der Waals surface area contributed by atoms with Crippen molar-refractivity contribution < 1.29 is 31.4 Å². The van der Waals surface area contributed by atoms with Gasteiger partial charge < -0.3 is 0 Å². The van der Waals surface area contributed by atoms with Gasteiger partial charge in [0.05, 0.1) is 10.5 Å². The molecule has 0 saturated heterocycles. The number of carbonyl (C=O) groups is 1. The average Bonchev–Trinajstić information content (AvgIpc) is 2.94. The van der Waals surface area contributed by atoms with Crippen molar-refractivity contribution in [3.05, 3.63) is 66.2 Å². The van der Waals surface area contributed by atoms with E-state index in [0.29, 0.717) is 0 Å². The Kier molecular flexibility index (Phi) is 4.32. The topological polar surface area (TPSA) is 89.2 Å². The number of benzene rings is 2. The van der Waals surface area contributed by atoms with Gasteiger partial charge in [-0.15, -0.1) is 4.72 Å². The summed E-state index contributed by atoms with van der Waals surface area (Å²) in [6.07, 6.45) is -5.24. The van der Waals surface area contributed by atoms with E-state index < -0.39 is 32.7 Å². The molecule has 1 aliphatic rings. The summed E-state index contributed by atoms with van der Waals surface area (Å²) in [4.78, 5) is 13.8. The standard InChI is InChI=1S/C16H12F3N3O3S/c17-16(18,19)15(22-26(24,25)12-9-5-2-6-10-12)14(23)20-13(21-15)11-7-3-1-4-8-11/h1-10,22H,(H,20,21,23)/p+1/t15-/m1/s1. The molecule has 6 nitrogen and oxygen atoms in total. The Balaban J connectivity index is 2.09. The second-order valence-electron chi connectivity index (χ2n) is 5.49. The lowest BCUT2D eigenvalue weighted by Crippen LogP contribution is -2.96. The first-order valence-corrected chi connectivity index (χ1v) is 8.82. The number of hydrogen-bond donors (Lipinski definition) is 3. The number of rotatable bonds is 4. The van der Waals surface area contributed by atoms with Crippen LogP contribution in [0.3, 0.4) is 0 Å². The molecule has 1 atom stereocenters. The number of sulfonamides is 1. The molecule has 2 aromatic rings. The van der Waals surface area contributed by atoms with E-state index in [1.165, 1.54) is 35.1 Å². The quantitative estimate of drug-likeness (QED) is 0.687. The molecule has 0 spiro atoms. The smallest absolute Gasteiger partial charge is 0.239 e. The molecular formula is C16H13F3N3O3S+. The lowest BCUT2D eigenvalue weighted by molar-refractivity contribution is -0.579. The van der Waals surface area contributed by atoms with Gasteiger partial charge in [0.25, 0.3) is 5.84 Å². The summed E-state index contributed by atoms with van der Waals surface area (Å²) in [5.41, 5.74) is -3.25. The Labute approximate surface area is 146 Å².